The molecule has 0 heterocycles. The quantitative estimate of drug-likeness (QED) is 0.928. The van der Waals surface area contributed by atoms with E-state index in [4.69, 9.17) is 11.0 Å². The third-order valence-corrected chi connectivity index (χ3v) is 3.23. The van der Waals surface area contributed by atoms with Gasteiger partial charge in [-0.2, -0.15) is 5.26 Å². The van der Waals surface area contributed by atoms with Gasteiger partial charge in [-0.1, -0.05) is 6.07 Å². The lowest BCUT2D eigenvalue weighted by atomic mass is 10.0. The molecule has 0 aliphatic carbocycles. The zero-order valence-electron chi connectivity index (χ0n) is 11.5. The molecule has 4 heteroatoms. The first-order valence-electron chi connectivity index (χ1n) is 6.32. The van der Waals surface area contributed by atoms with E-state index in [0.717, 1.165) is 11.4 Å². The second-order valence-electron chi connectivity index (χ2n) is 4.68. The van der Waals surface area contributed by atoms with E-state index < -0.39 is 6.04 Å². The molecule has 2 rings (SSSR count). The lowest BCUT2D eigenvalue weighted by Gasteiger charge is -2.24. The Hall–Kier alpha value is -2.38. The summed E-state index contributed by atoms with van der Waals surface area (Å²) in [5.41, 5.74) is 8.54. The molecule has 0 bridgehead atoms. The largest absolute Gasteiger partial charge is 0.344 e. The SMILES string of the molecule is C[C@H](N)c1c(F)cccc1N(C)c1ccc(C#N)cc1. The molecule has 0 aliphatic rings. The lowest BCUT2D eigenvalue weighted by molar-refractivity contribution is 0.594. The summed E-state index contributed by atoms with van der Waals surface area (Å²) >= 11 is 0. The normalized spacial score (nSPS) is 11.8. The van der Waals surface area contributed by atoms with Crippen molar-refractivity contribution < 1.29 is 4.39 Å². The minimum absolute atomic E-state index is 0.307. The van der Waals surface area contributed by atoms with Crippen LogP contribution >= 0.6 is 0 Å². The summed E-state index contributed by atoms with van der Waals surface area (Å²) < 4.78 is 13.9. The van der Waals surface area contributed by atoms with Crippen molar-refractivity contribution in [2.75, 3.05) is 11.9 Å². The Labute approximate surface area is 118 Å². The number of nitrogens with zero attached hydrogens (tertiary/aromatic N) is 2. The number of hydrogen-bond acceptors (Lipinski definition) is 3. The maximum atomic E-state index is 13.9. The molecule has 2 aromatic carbocycles. The lowest BCUT2D eigenvalue weighted by Crippen LogP contribution is -2.17. The van der Waals surface area contributed by atoms with Crippen LogP contribution in [0.5, 0.6) is 0 Å². The van der Waals surface area contributed by atoms with Gasteiger partial charge in [0.1, 0.15) is 5.82 Å². The Bertz CT molecular complexity index is 642. The third kappa shape index (κ3) is 2.63. The Morgan fingerprint density at radius 3 is 2.40 bits per heavy atom. The second kappa shape index (κ2) is 5.72. The standard InChI is InChI=1S/C16H16FN3/c1-11(19)16-14(17)4-3-5-15(16)20(2)13-8-6-12(10-18)7-9-13/h3-9,11H,19H2,1-2H3/t11-/m0/s1. The summed E-state index contributed by atoms with van der Waals surface area (Å²) in [5, 5.41) is 8.81. The van der Waals surface area contributed by atoms with Gasteiger partial charge in [0.15, 0.2) is 0 Å². The van der Waals surface area contributed by atoms with Gasteiger partial charge in [-0.25, -0.2) is 4.39 Å². The Morgan fingerprint density at radius 2 is 1.85 bits per heavy atom. The van der Waals surface area contributed by atoms with Crippen molar-refractivity contribution in [2.45, 2.75) is 13.0 Å². The van der Waals surface area contributed by atoms with Crippen LogP contribution in [-0.2, 0) is 0 Å². The van der Waals surface area contributed by atoms with Gasteiger partial charge in [0, 0.05) is 30.0 Å². The molecule has 20 heavy (non-hydrogen) atoms. The number of hydrogen-bond donors (Lipinski definition) is 1. The molecule has 0 aliphatic heterocycles. The summed E-state index contributed by atoms with van der Waals surface area (Å²) in [6.07, 6.45) is 0. The molecule has 0 unspecified atom stereocenters. The number of nitriles is 1. The fourth-order valence-electron chi connectivity index (χ4n) is 2.17. The maximum absolute atomic E-state index is 13.9. The van der Waals surface area contributed by atoms with Gasteiger partial charge in [-0.15, -0.1) is 0 Å². The summed E-state index contributed by atoms with van der Waals surface area (Å²) in [6.45, 7) is 1.76. The third-order valence-electron chi connectivity index (χ3n) is 3.23. The average Bonchev–Trinajstić information content (AvgIpc) is 2.46. The van der Waals surface area contributed by atoms with E-state index >= 15 is 0 Å². The van der Waals surface area contributed by atoms with E-state index in [9.17, 15) is 4.39 Å². The van der Waals surface area contributed by atoms with Crippen LogP contribution in [0.1, 0.15) is 24.1 Å². The topological polar surface area (TPSA) is 53.0 Å². The number of anilines is 2. The van der Waals surface area contributed by atoms with Crippen LogP contribution in [0, 0.1) is 17.1 Å². The zero-order valence-corrected chi connectivity index (χ0v) is 11.5. The molecule has 102 valence electrons. The van der Waals surface area contributed by atoms with Crippen molar-refractivity contribution in [1.82, 2.24) is 0 Å². The van der Waals surface area contributed by atoms with E-state index in [-0.39, 0.29) is 5.82 Å². The van der Waals surface area contributed by atoms with Gasteiger partial charge in [0.25, 0.3) is 0 Å². The highest BCUT2D eigenvalue weighted by atomic mass is 19.1. The van der Waals surface area contributed by atoms with Crippen LogP contribution < -0.4 is 10.6 Å². The first-order valence-corrected chi connectivity index (χ1v) is 6.32. The van der Waals surface area contributed by atoms with Crippen molar-refractivity contribution in [3.8, 4) is 6.07 Å². The highest BCUT2D eigenvalue weighted by Crippen LogP contribution is 2.31. The fourth-order valence-corrected chi connectivity index (χ4v) is 2.17. The smallest absolute Gasteiger partial charge is 0.130 e. The second-order valence-corrected chi connectivity index (χ2v) is 4.68. The van der Waals surface area contributed by atoms with E-state index in [1.807, 2.05) is 30.1 Å². The molecule has 2 aromatic rings. The van der Waals surface area contributed by atoms with Gasteiger partial charge >= 0.3 is 0 Å². The molecular formula is C16H16FN3. The van der Waals surface area contributed by atoms with Crippen molar-refractivity contribution in [3.05, 3.63) is 59.4 Å². The monoisotopic (exact) mass is 269 g/mol. The molecule has 0 spiro atoms. The molecule has 0 saturated carbocycles. The van der Waals surface area contributed by atoms with Crippen LogP contribution in [-0.4, -0.2) is 7.05 Å². The van der Waals surface area contributed by atoms with Gasteiger partial charge in [0.2, 0.25) is 0 Å². The Morgan fingerprint density at radius 1 is 1.20 bits per heavy atom. The van der Waals surface area contributed by atoms with Crippen LogP contribution in [0.4, 0.5) is 15.8 Å². The average molecular weight is 269 g/mol. The number of benzene rings is 2. The molecule has 2 N–H and O–H groups in total. The van der Waals surface area contributed by atoms with E-state index in [2.05, 4.69) is 6.07 Å². The summed E-state index contributed by atoms with van der Waals surface area (Å²) in [6, 6.07) is 13.7. The van der Waals surface area contributed by atoms with E-state index in [0.29, 0.717) is 11.1 Å². The Balaban J connectivity index is 2.45. The number of rotatable bonds is 3. The number of halogens is 1. The van der Waals surface area contributed by atoms with Crippen molar-refractivity contribution in [3.63, 3.8) is 0 Å². The van der Waals surface area contributed by atoms with E-state index in [1.54, 1.807) is 25.1 Å². The number of nitrogens with two attached hydrogens (primary N) is 1. The van der Waals surface area contributed by atoms with Gasteiger partial charge in [-0.05, 0) is 43.3 Å². The van der Waals surface area contributed by atoms with Crippen LogP contribution in [0.3, 0.4) is 0 Å². The van der Waals surface area contributed by atoms with E-state index in [1.165, 1.54) is 6.07 Å². The van der Waals surface area contributed by atoms with Crippen LogP contribution in [0.2, 0.25) is 0 Å². The van der Waals surface area contributed by atoms with Gasteiger partial charge in [0.05, 0.1) is 11.6 Å². The molecule has 3 nitrogen and oxygen atoms in total. The molecule has 0 saturated heterocycles. The molecule has 0 fully saturated rings. The summed E-state index contributed by atoms with van der Waals surface area (Å²) in [4.78, 5) is 1.86. The van der Waals surface area contributed by atoms with Crippen molar-refractivity contribution >= 4 is 11.4 Å². The summed E-state index contributed by atoms with van der Waals surface area (Å²) in [7, 11) is 1.85. The highest BCUT2D eigenvalue weighted by Gasteiger charge is 2.16. The first-order chi connectivity index (χ1) is 9.54. The maximum Gasteiger partial charge on any atom is 0.130 e. The van der Waals surface area contributed by atoms with Gasteiger partial charge < -0.3 is 10.6 Å². The van der Waals surface area contributed by atoms with Gasteiger partial charge in [-0.3, -0.25) is 0 Å². The predicted molar refractivity (Wildman–Crippen MR) is 78.2 cm³/mol. The fraction of sp³-hybridized carbons (Fsp3) is 0.188. The molecular weight excluding hydrogens is 253 g/mol. The van der Waals surface area contributed by atoms with Crippen LogP contribution in [0.25, 0.3) is 0 Å². The Kier molecular flexibility index (Phi) is 4.02. The van der Waals surface area contributed by atoms with Crippen molar-refractivity contribution in [1.29, 1.82) is 5.26 Å². The first kappa shape index (κ1) is 14.0. The summed E-state index contributed by atoms with van der Waals surface area (Å²) in [5.74, 6) is -0.307. The molecule has 0 amide bonds. The molecule has 0 aromatic heterocycles. The van der Waals surface area contributed by atoms with Crippen LogP contribution in [0.15, 0.2) is 42.5 Å². The molecule has 0 radical (unpaired) electrons. The minimum Gasteiger partial charge on any atom is -0.344 e. The van der Waals surface area contributed by atoms with Crippen molar-refractivity contribution in [2.24, 2.45) is 5.73 Å². The zero-order chi connectivity index (χ0) is 14.7. The molecule has 1 atom stereocenters. The predicted octanol–water partition coefficient (Wildman–Crippen LogP) is 3.48. The minimum atomic E-state index is -0.396. The highest BCUT2D eigenvalue weighted by molar-refractivity contribution is 5.67.